The van der Waals surface area contributed by atoms with E-state index >= 15 is 0 Å². The molecule has 2 rings (SSSR count). The normalized spacial score (nSPS) is 22.8. The van der Waals surface area contributed by atoms with Gasteiger partial charge in [-0.05, 0) is 37.5 Å². The molecule has 2 nitrogen and oxygen atoms in total. The van der Waals surface area contributed by atoms with Gasteiger partial charge in [-0.2, -0.15) is 0 Å². The fourth-order valence-corrected chi connectivity index (χ4v) is 3.33. The third-order valence-electron chi connectivity index (χ3n) is 3.20. The Morgan fingerprint density at radius 1 is 1.39 bits per heavy atom. The van der Waals surface area contributed by atoms with Gasteiger partial charge in [0.1, 0.15) is 5.04 Å². The van der Waals surface area contributed by atoms with Crippen LogP contribution in [-0.4, -0.2) is 16.5 Å². The molecule has 0 fully saturated rings. The van der Waals surface area contributed by atoms with Gasteiger partial charge in [0.15, 0.2) is 5.60 Å². The summed E-state index contributed by atoms with van der Waals surface area (Å²) in [6.07, 6.45) is 0.812. The number of oxime groups is 1. The molecule has 1 aliphatic rings. The van der Waals surface area contributed by atoms with E-state index in [-0.39, 0.29) is 5.60 Å². The van der Waals surface area contributed by atoms with Crippen molar-refractivity contribution in [2.75, 3.05) is 5.88 Å². The molecular formula is C14H18ClNOS. The van der Waals surface area contributed by atoms with Crippen LogP contribution in [0, 0.1) is 13.8 Å². The smallest absolute Gasteiger partial charge is 0.154 e. The van der Waals surface area contributed by atoms with Gasteiger partial charge in [0.25, 0.3) is 0 Å². The summed E-state index contributed by atoms with van der Waals surface area (Å²) in [6.45, 7) is 6.30. The van der Waals surface area contributed by atoms with Crippen LogP contribution in [0.4, 0.5) is 0 Å². The third kappa shape index (κ3) is 3.01. The minimum atomic E-state index is -0.315. The number of hydrogen-bond donors (Lipinski definition) is 0. The summed E-state index contributed by atoms with van der Waals surface area (Å²) in [7, 11) is 0. The van der Waals surface area contributed by atoms with Gasteiger partial charge in [0.05, 0.1) is 5.88 Å². The van der Waals surface area contributed by atoms with Gasteiger partial charge in [0.2, 0.25) is 0 Å². The fraction of sp³-hybridized carbons (Fsp3) is 0.500. The molecule has 0 bridgehead atoms. The van der Waals surface area contributed by atoms with E-state index in [0.717, 1.165) is 17.2 Å². The van der Waals surface area contributed by atoms with Gasteiger partial charge >= 0.3 is 0 Å². The first-order chi connectivity index (χ1) is 8.54. The predicted molar refractivity (Wildman–Crippen MR) is 79.5 cm³/mol. The summed E-state index contributed by atoms with van der Waals surface area (Å²) in [5.41, 5.74) is 3.75. The molecule has 18 heavy (non-hydrogen) atoms. The Balaban J connectivity index is 1.97. The van der Waals surface area contributed by atoms with E-state index in [1.807, 2.05) is 6.92 Å². The van der Waals surface area contributed by atoms with E-state index in [2.05, 4.69) is 37.2 Å². The van der Waals surface area contributed by atoms with E-state index in [9.17, 15) is 0 Å². The maximum absolute atomic E-state index is 5.87. The fourth-order valence-electron chi connectivity index (χ4n) is 1.93. The van der Waals surface area contributed by atoms with Gasteiger partial charge in [-0.25, -0.2) is 0 Å². The highest BCUT2D eigenvalue weighted by Gasteiger charge is 2.33. The van der Waals surface area contributed by atoms with Crippen molar-refractivity contribution in [1.82, 2.24) is 0 Å². The third-order valence-corrected chi connectivity index (χ3v) is 4.75. The first-order valence-corrected chi connectivity index (χ1v) is 7.55. The lowest BCUT2D eigenvalue weighted by Gasteiger charge is -2.16. The molecule has 0 saturated carbocycles. The summed E-state index contributed by atoms with van der Waals surface area (Å²) in [5, 5.41) is 5.17. The van der Waals surface area contributed by atoms with Gasteiger partial charge in [0, 0.05) is 12.2 Å². The Bertz CT molecular complexity index is 455. The zero-order chi connectivity index (χ0) is 13.2. The summed E-state index contributed by atoms with van der Waals surface area (Å²) >= 11 is 7.62. The Morgan fingerprint density at radius 2 is 2.06 bits per heavy atom. The standard InChI is InChI=1S/C14H18ClNOS/c1-10-5-4-6-11(2)12(10)8-18-13-7-14(3,9-15)17-16-13/h4-6H,7-9H2,1-3H3. The van der Waals surface area contributed by atoms with Gasteiger partial charge in [-0.3, -0.25) is 0 Å². The van der Waals surface area contributed by atoms with E-state index in [1.54, 1.807) is 11.8 Å². The lowest BCUT2D eigenvalue weighted by atomic mass is 10.1. The number of nitrogens with zero attached hydrogens (tertiary/aromatic N) is 1. The first-order valence-electron chi connectivity index (χ1n) is 6.03. The summed E-state index contributed by atoms with van der Waals surface area (Å²) in [4.78, 5) is 5.39. The zero-order valence-corrected chi connectivity index (χ0v) is 12.6. The van der Waals surface area contributed by atoms with Crippen LogP contribution in [0.5, 0.6) is 0 Å². The van der Waals surface area contributed by atoms with Crippen molar-refractivity contribution in [3.8, 4) is 0 Å². The largest absolute Gasteiger partial charge is 0.387 e. The molecule has 0 aliphatic carbocycles. The van der Waals surface area contributed by atoms with Gasteiger partial charge in [-0.15, -0.1) is 23.4 Å². The second-order valence-electron chi connectivity index (χ2n) is 5.00. The molecule has 4 heteroatoms. The Kier molecular flexibility index (Phi) is 4.23. The number of benzene rings is 1. The molecule has 98 valence electrons. The van der Waals surface area contributed by atoms with Crippen LogP contribution in [0.25, 0.3) is 0 Å². The number of thioether (sulfide) groups is 1. The van der Waals surface area contributed by atoms with Crippen molar-refractivity contribution >= 4 is 28.4 Å². The second-order valence-corrected chi connectivity index (χ2v) is 6.31. The van der Waals surface area contributed by atoms with Crippen molar-refractivity contribution in [2.24, 2.45) is 5.16 Å². The molecule has 0 N–H and O–H groups in total. The lowest BCUT2D eigenvalue weighted by Crippen LogP contribution is -2.26. The van der Waals surface area contributed by atoms with E-state index < -0.39 is 0 Å². The Labute approximate surface area is 118 Å². The molecular weight excluding hydrogens is 266 g/mol. The predicted octanol–water partition coefficient (Wildman–Crippen LogP) is 4.27. The molecule has 1 aliphatic heterocycles. The van der Waals surface area contributed by atoms with Crippen LogP contribution >= 0.6 is 23.4 Å². The minimum absolute atomic E-state index is 0.315. The Hall–Kier alpha value is -0.670. The average Bonchev–Trinajstić information content (AvgIpc) is 2.72. The van der Waals surface area contributed by atoms with Crippen LogP contribution in [0.2, 0.25) is 0 Å². The van der Waals surface area contributed by atoms with Crippen LogP contribution in [0.3, 0.4) is 0 Å². The second kappa shape index (κ2) is 5.54. The molecule has 0 amide bonds. The Morgan fingerprint density at radius 3 is 2.61 bits per heavy atom. The molecule has 0 spiro atoms. The molecule has 0 aromatic heterocycles. The quantitative estimate of drug-likeness (QED) is 0.773. The molecule has 0 radical (unpaired) electrons. The number of aryl methyl sites for hydroxylation is 2. The van der Waals surface area contributed by atoms with Gasteiger partial charge < -0.3 is 4.84 Å². The number of rotatable bonds is 3. The van der Waals surface area contributed by atoms with Crippen molar-refractivity contribution < 1.29 is 4.84 Å². The molecule has 0 saturated heterocycles. The summed E-state index contributed by atoms with van der Waals surface area (Å²) < 4.78 is 0. The lowest BCUT2D eigenvalue weighted by molar-refractivity contribution is 0.0152. The number of halogens is 1. The van der Waals surface area contributed by atoms with E-state index in [0.29, 0.717) is 5.88 Å². The molecule has 1 unspecified atom stereocenters. The van der Waals surface area contributed by atoms with Gasteiger partial charge in [-0.1, -0.05) is 23.4 Å². The molecule has 1 aromatic carbocycles. The van der Waals surface area contributed by atoms with Crippen LogP contribution in [0.15, 0.2) is 23.4 Å². The maximum atomic E-state index is 5.87. The highest BCUT2D eigenvalue weighted by molar-refractivity contribution is 8.13. The summed E-state index contributed by atoms with van der Waals surface area (Å²) in [6, 6.07) is 6.40. The van der Waals surface area contributed by atoms with Crippen LogP contribution < -0.4 is 0 Å². The summed E-state index contributed by atoms with van der Waals surface area (Å²) in [5.74, 6) is 1.42. The molecule has 1 atom stereocenters. The highest BCUT2D eigenvalue weighted by atomic mass is 35.5. The van der Waals surface area contributed by atoms with E-state index in [1.165, 1.54) is 16.7 Å². The van der Waals surface area contributed by atoms with Crippen molar-refractivity contribution in [3.05, 3.63) is 34.9 Å². The number of alkyl halides is 1. The molecule has 1 heterocycles. The van der Waals surface area contributed by atoms with Crippen molar-refractivity contribution in [2.45, 2.75) is 38.5 Å². The molecule has 1 aromatic rings. The van der Waals surface area contributed by atoms with Crippen LogP contribution in [-0.2, 0) is 10.6 Å². The van der Waals surface area contributed by atoms with Crippen molar-refractivity contribution in [1.29, 1.82) is 0 Å². The zero-order valence-electron chi connectivity index (χ0n) is 11.0. The first kappa shape index (κ1) is 13.8. The van der Waals surface area contributed by atoms with Crippen LogP contribution in [0.1, 0.15) is 30.0 Å². The SMILES string of the molecule is Cc1cccc(C)c1CSC1=NOC(C)(CCl)C1. The minimum Gasteiger partial charge on any atom is -0.387 e. The maximum Gasteiger partial charge on any atom is 0.154 e. The topological polar surface area (TPSA) is 21.6 Å². The monoisotopic (exact) mass is 283 g/mol. The van der Waals surface area contributed by atoms with E-state index in [4.69, 9.17) is 16.4 Å². The average molecular weight is 284 g/mol. The van der Waals surface area contributed by atoms with Crippen molar-refractivity contribution in [3.63, 3.8) is 0 Å². The number of hydrogen-bond acceptors (Lipinski definition) is 3. The highest BCUT2D eigenvalue weighted by Crippen LogP contribution is 2.31.